The number of hydrogen-bond donors (Lipinski definition) is 1. The second kappa shape index (κ2) is 77.3. The van der Waals surface area contributed by atoms with E-state index in [2.05, 4.69) is 50.3 Å². The Morgan fingerprint density at radius 2 is 0.568 bits per heavy atom. The number of esters is 2. The number of carboxylic acid groups (broad SMARTS) is 1. The molecule has 0 radical (unpaired) electrons. The van der Waals surface area contributed by atoms with Crippen molar-refractivity contribution in [3.05, 3.63) is 36.5 Å². The van der Waals surface area contributed by atoms with Crippen LogP contribution in [0.15, 0.2) is 36.5 Å². The Labute approximate surface area is 591 Å². The Morgan fingerprint density at radius 3 is 0.842 bits per heavy atom. The molecule has 0 rings (SSSR count). The molecule has 0 aliphatic carbocycles. The SMILES string of the molecule is CCCCCCC/C=C\C/C=C\CCCCCCCCCCCCCCCCCCCCCCCCCC(=O)OC(COC(=O)CCCCCCCCCCCCCCCCCCCCCCCCC/C=C\CCCCCCCCCC)COC(OCC[N+](C)(C)C)C(=O)O. The van der Waals surface area contributed by atoms with Gasteiger partial charge < -0.3 is 28.5 Å². The van der Waals surface area contributed by atoms with Crippen LogP contribution in [0.1, 0.15) is 438 Å². The third kappa shape index (κ3) is 78.7. The van der Waals surface area contributed by atoms with E-state index in [9.17, 15) is 19.5 Å². The van der Waals surface area contributed by atoms with E-state index in [4.69, 9.17) is 18.9 Å². The van der Waals surface area contributed by atoms with E-state index in [1.165, 1.54) is 366 Å². The topological polar surface area (TPSA) is 108 Å². The van der Waals surface area contributed by atoms with Crippen LogP contribution in [0.3, 0.4) is 0 Å². The first-order valence-electron chi connectivity index (χ1n) is 42.2. The van der Waals surface area contributed by atoms with Crippen LogP contribution in [-0.4, -0.2) is 87.4 Å². The van der Waals surface area contributed by atoms with E-state index in [-0.39, 0.29) is 38.2 Å². The summed E-state index contributed by atoms with van der Waals surface area (Å²) >= 11 is 0. The summed E-state index contributed by atoms with van der Waals surface area (Å²) in [6, 6.07) is 0. The molecule has 0 aromatic rings. The normalized spacial score (nSPS) is 12.7. The van der Waals surface area contributed by atoms with Crippen molar-refractivity contribution >= 4 is 17.9 Å². The first kappa shape index (κ1) is 92.5. The molecule has 0 saturated heterocycles. The second-order valence-electron chi connectivity index (χ2n) is 30.1. The van der Waals surface area contributed by atoms with Crippen molar-refractivity contribution in [1.82, 2.24) is 0 Å². The van der Waals surface area contributed by atoms with Gasteiger partial charge in [0.1, 0.15) is 13.2 Å². The summed E-state index contributed by atoms with van der Waals surface area (Å²) < 4.78 is 23.1. The number of rotatable bonds is 80. The number of carbonyl (C=O) groups excluding carboxylic acids is 2. The zero-order valence-corrected chi connectivity index (χ0v) is 64.4. The molecule has 2 atom stereocenters. The van der Waals surface area contributed by atoms with Crippen LogP contribution >= 0.6 is 0 Å². The van der Waals surface area contributed by atoms with E-state index in [0.717, 1.165) is 44.9 Å². The quantitative estimate of drug-likeness (QED) is 0.0211. The molecule has 0 spiro atoms. The van der Waals surface area contributed by atoms with Crippen molar-refractivity contribution in [2.45, 2.75) is 450 Å². The molecule has 560 valence electrons. The highest BCUT2D eigenvalue weighted by atomic mass is 16.7. The second-order valence-corrected chi connectivity index (χ2v) is 30.1. The molecule has 95 heavy (non-hydrogen) atoms. The minimum atomic E-state index is -1.51. The third-order valence-electron chi connectivity index (χ3n) is 19.4. The summed E-state index contributed by atoms with van der Waals surface area (Å²) in [5.41, 5.74) is 0. The monoisotopic (exact) mass is 1340 g/mol. The lowest BCUT2D eigenvalue weighted by Crippen LogP contribution is -2.40. The van der Waals surface area contributed by atoms with Crippen LogP contribution in [0.4, 0.5) is 0 Å². The number of nitrogens with zero attached hydrogens (tertiary/aromatic N) is 1. The molecule has 0 aromatic carbocycles. The molecule has 2 unspecified atom stereocenters. The standard InChI is InChI=1S/C86H163NO8/c1-6-8-10-12-14-16-18-20-22-24-26-28-30-32-34-36-38-40-42-44-46-48-50-52-54-56-58-60-62-64-66-68-70-72-74-76-83(88)93-80-82(81-94-86(85(90)91)92-79-78-87(3,4)5)95-84(89)77-75-73-71-69-67-65-63-61-59-57-55-53-51-49-47-45-43-41-39-37-35-33-31-29-27-25-23-21-19-17-15-13-11-9-7-2/h19,21,24-27,82,86H,6-18,20,22-23,28-81H2,1-5H3/p+1/b21-19-,26-24-,27-25-. The highest BCUT2D eigenvalue weighted by molar-refractivity contribution is 5.71. The van der Waals surface area contributed by atoms with Crippen LogP contribution in [-0.2, 0) is 33.3 Å². The Hall–Kier alpha value is -2.49. The molecule has 0 aliphatic heterocycles. The van der Waals surface area contributed by atoms with E-state index >= 15 is 0 Å². The predicted octanol–water partition coefficient (Wildman–Crippen LogP) is 27.0. The zero-order chi connectivity index (χ0) is 69.0. The fraction of sp³-hybridized carbons (Fsp3) is 0.895. The van der Waals surface area contributed by atoms with Gasteiger partial charge >= 0.3 is 17.9 Å². The largest absolute Gasteiger partial charge is 0.477 e. The number of unbranched alkanes of at least 4 members (excludes halogenated alkanes) is 59. The highest BCUT2D eigenvalue weighted by Crippen LogP contribution is 2.20. The summed E-state index contributed by atoms with van der Waals surface area (Å²) in [7, 11) is 6.00. The minimum Gasteiger partial charge on any atom is -0.477 e. The highest BCUT2D eigenvalue weighted by Gasteiger charge is 2.25. The summed E-state index contributed by atoms with van der Waals surface area (Å²) in [5.74, 6) is -1.97. The number of hydrogen-bond acceptors (Lipinski definition) is 7. The Bertz CT molecular complexity index is 1650. The lowest BCUT2D eigenvalue weighted by molar-refractivity contribution is -0.870. The van der Waals surface area contributed by atoms with Crippen molar-refractivity contribution in [3.8, 4) is 0 Å². The van der Waals surface area contributed by atoms with Crippen LogP contribution in [0.25, 0.3) is 0 Å². The maximum Gasteiger partial charge on any atom is 0.361 e. The first-order chi connectivity index (χ1) is 46.6. The van der Waals surface area contributed by atoms with Gasteiger partial charge in [-0.1, -0.05) is 391 Å². The number of likely N-dealkylation sites (N-methyl/N-ethyl adjacent to an activating group) is 1. The first-order valence-corrected chi connectivity index (χ1v) is 42.2. The average Bonchev–Trinajstić information content (AvgIpc) is 3.58. The van der Waals surface area contributed by atoms with Gasteiger partial charge in [0.05, 0.1) is 34.4 Å². The summed E-state index contributed by atoms with van der Waals surface area (Å²) in [6.45, 7) is 4.95. The van der Waals surface area contributed by atoms with Crippen molar-refractivity contribution in [1.29, 1.82) is 0 Å². The van der Waals surface area contributed by atoms with E-state index in [1.54, 1.807) is 0 Å². The van der Waals surface area contributed by atoms with E-state index in [0.29, 0.717) is 17.4 Å². The molecule has 0 heterocycles. The molecule has 9 heteroatoms. The molecule has 0 bridgehead atoms. The van der Waals surface area contributed by atoms with Crippen molar-refractivity contribution in [2.75, 3.05) is 47.5 Å². The molecule has 0 fully saturated rings. The minimum absolute atomic E-state index is 0.175. The Balaban J connectivity index is 3.94. The third-order valence-corrected chi connectivity index (χ3v) is 19.4. The summed E-state index contributed by atoms with van der Waals surface area (Å²) in [4.78, 5) is 37.8. The molecule has 1 N–H and O–H groups in total. The smallest absolute Gasteiger partial charge is 0.361 e. The zero-order valence-electron chi connectivity index (χ0n) is 64.4. The van der Waals surface area contributed by atoms with Gasteiger partial charge in [0.15, 0.2) is 6.10 Å². The maximum atomic E-state index is 13.0. The van der Waals surface area contributed by atoms with Gasteiger partial charge in [-0.3, -0.25) is 9.59 Å². The van der Waals surface area contributed by atoms with E-state index < -0.39 is 18.4 Å². The predicted molar refractivity (Wildman–Crippen MR) is 411 cm³/mol. The molecular weight excluding hydrogens is 1170 g/mol. The van der Waals surface area contributed by atoms with Crippen LogP contribution < -0.4 is 0 Å². The maximum absolute atomic E-state index is 13.0. The molecular formula is C86H164NO8+. The number of carbonyl (C=O) groups is 3. The number of quaternary nitrogens is 1. The fourth-order valence-corrected chi connectivity index (χ4v) is 12.9. The van der Waals surface area contributed by atoms with Crippen molar-refractivity contribution in [3.63, 3.8) is 0 Å². The summed E-state index contributed by atoms with van der Waals surface area (Å²) in [5, 5.41) is 9.78. The van der Waals surface area contributed by atoms with Gasteiger partial charge in [0.25, 0.3) is 6.29 Å². The summed E-state index contributed by atoms with van der Waals surface area (Å²) in [6.07, 6.45) is 97.5. The molecule has 0 saturated carbocycles. The van der Waals surface area contributed by atoms with Gasteiger partial charge in [-0.2, -0.15) is 0 Å². The number of ether oxygens (including phenoxy) is 4. The lowest BCUT2D eigenvalue weighted by Gasteiger charge is -2.25. The fourth-order valence-electron chi connectivity index (χ4n) is 12.9. The van der Waals surface area contributed by atoms with Crippen LogP contribution in [0, 0.1) is 0 Å². The Kier molecular flexibility index (Phi) is 75.2. The van der Waals surface area contributed by atoms with Gasteiger partial charge in [-0.05, 0) is 70.6 Å². The number of allylic oxidation sites excluding steroid dienone is 6. The van der Waals surface area contributed by atoms with Crippen LogP contribution in [0.2, 0.25) is 0 Å². The van der Waals surface area contributed by atoms with Gasteiger partial charge in [-0.15, -0.1) is 0 Å². The van der Waals surface area contributed by atoms with Crippen molar-refractivity contribution in [2.24, 2.45) is 0 Å². The lowest BCUT2D eigenvalue weighted by atomic mass is 10.0. The molecule has 0 aromatic heterocycles. The van der Waals surface area contributed by atoms with Crippen molar-refractivity contribution < 1.29 is 42.9 Å². The van der Waals surface area contributed by atoms with Gasteiger partial charge in [0, 0.05) is 12.8 Å². The van der Waals surface area contributed by atoms with Crippen LogP contribution in [0.5, 0.6) is 0 Å². The Morgan fingerprint density at radius 1 is 0.316 bits per heavy atom. The molecule has 0 amide bonds. The molecule has 0 aliphatic rings. The number of carboxylic acids is 1. The van der Waals surface area contributed by atoms with Gasteiger partial charge in [0.2, 0.25) is 0 Å². The van der Waals surface area contributed by atoms with E-state index in [1.807, 2.05) is 21.1 Å². The van der Waals surface area contributed by atoms with Gasteiger partial charge in [-0.25, -0.2) is 4.79 Å². The number of aliphatic carboxylic acids is 1. The average molecular weight is 1340 g/mol. The molecule has 9 nitrogen and oxygen atoms in total.